The molecule has 0 radical (unpaired) electrons. The minimum atomic E-state index is 0.216. The van der Waals surface area contributed by atoms with Gasteiger partial charge in [-0.2, -0.15) is 0 Å². The Morgan fingerprint density at radius 2 is 2.17 bits per heavy atom. The van der Waals surface area contributed by atoms with Gasteiger partial charge in [-0.3, -0.25) is 0 Å². The van der Waals surface area contributed by atoms with Crippen LogP contribution >= 0.6 is 15.9 Å². The SMILES string of the molecule is CCOc1ccccc1Cn1cc(C(C)Br)nn1. The second-order valence-electron chi connectivity index (χ2n) is 4.00. The summed E-state index contributed by atoms with van der Waals surface area (Å²) in [5.41, 5.74) is 2.04. The van der Waals surface area contributed by atoms with E-state index in [1.54, 1.807) is 0 Å². The Balaban J connectivity index is 2.17. The second-order valence-corrected chi connectivity index (χ2v) is 5.37. The largest absolute Gasteiger partial charge is 0.494 e. The lowest BCUT2D eigenvalue weighted by molar-refractivity contribution is 0.335. The van der Waals surface area contributed by atoms with Gasteiger partial charge in [0, 0.05) is 11.8 Å². The Labute approximate surface area is 115 Å². The van der Waals surface area contributed by atoms with Crippen LogP contribution in [-0.2, 0) is 6.54 Å². The summed E-state index contributed by atoms with van der Waals surface area (Å²) < 4.78 is 7.42. The molecule has 2 rings (SSSR count). The van der Waals surface area contributed by atoms with E-state index in [0.29, 0.717) is 13.2 Å². The molecule has 5 heteroatoms. The average Bonchev–Trinajstić information content (AvgIpc) is 2.81. The maximum atomic E-state index is 5.59. The molecular weight excluding hydrogens is 294 g/mol. The Kier molecular flexibility index (Phi) is 4.36. The number of hydrogen-bond donors (Lipinski definition) is 0. The molecule has 0 saturated carbocycles. The second kappa shape index (κ2) is 6.00. The maximum absolute atomic E-state index is 5.59. The molecule has 0 N–H and O–H groups in total. The third-order valence-electron chi connectivity index (χ3n) is 2.57. The van der Waals surface area contributed by atoms with Gasteiger partial charge in [0.2, 0.25) is 0 Å². The molecule has 0 aliphatic rings. The van der Waals surface area contributed by atoms with Crippen molar-refractivity contribution in [1.29, 1.82) is 0 Å². The molecule has 1 unspecified atom stereocenters. The summed E-state index contributed by atoms with van der Waals surface area (Å²) >= 11 is 3.48. The first-order chi connectivity index (χ1) is 8.70. The lowest BCUT2D eigenvalue weighted by Crippen LogP contribution is -2.03. The smallest absolute Gasteiger partial charge is 0.124 e. The van der Waals surface area contributed by atoms with Crippen molar-refractivity contribution in [2.24, 2.45) is 0 Å². The number of nitrogens with zero attached hydrogens (tertiary/aromatic N) is 3. The zero-order valence-corrected chi connectivity index (χ0v) is 12.1. The highest BCUT2D eigenvalue weighted by Crippen LogP contribution is 2.21. The predicted molar refractivity (Wildman–Crippen MR) is 74.1 cm³/mol. The van der Waals surface area contributed by atoms with Gasteiger partial charge >= 0.3 is 0 Å². The first kappa shape index (κ1) is 13.1. The van der Waals surface area contributed by atoms with Crippen molar-refractivity contribution in [1.82, 2.24) is 15.0 Å². The fraction of sp³-hybridized carbons (Fsp3) is 0.385. The molecule has 0 bridgehead atoms. The molecule has 0 aliphatic heterocycles. The van der Waals surface area contributed by atoms with Crippen LogP contribution in [0.5, 0.6) is 5.75 Å². The minimum absolute atomic E-state index is 0.216. The molecule has 4 nitrogen and oxygen atoms in total. The standard InChI is InChI=1S/C13H16BrN3O/c1-3-18-13-7-5-4-6-11(13)8-17-9-12(10(2)14)15-16-17/h4-7,9-10H,3,8H2,1-2H3. The molecule has 96 valence electrons. The highest BCUT2D eigenvalue weighted by molar-refractivity contribution is 9.09. The molecule has 0 aliphatic carbocycles. The minimum Gasteiger partial charge on any atom is -0.494 e. The van der Waals surface area contributed by atoms with Crippen LogP contribution in [-0.4, -0.2) is 21.6 Å². The fourth-order valence-electron chi connectivity index (χ4n) is 1.68. The van der Waals surface area contributed by atoms with Gasteiger partial charge in [-0.15, -0.1) is 5.10 Å². The number of rotatable bonds is 5. The van der Waals surface area contributed by atoms with Gasteiger partial charge < -0.3 is 4.74 Å². The van der Waals surface area contributed by atoms with Crippen LogP contribution in [0.15, 0.2) is 30.5 Å². The van der Waals surface area contributed by atoms with Crippen LogP contribution in [0.2, 0.25) is 0 Å². The fourth-order valence-corrected chi connectivity index (χ4v) is 1.89. The van der Waals surface area contributed by atoms with Gasteiger partial charge in [0.05, 0.1) is 23.7 Å². The third kappa shape index (κ3) is 3.10. The van der Waals surface area contributed by atoms with E-state index in [9.17, 15) is 0 Å². The van der Waals surface area contributed by atoms with Crippen LogP contribution in [0.3, 0.4) is 0 Å². The van der Waals surface area contributed by atoms with Gasteiger partial charge in [-0.25, -0.2) is 4.68 Å². The highest BCUT2D eigenvalue weighted by atomic mass is 79.9. The van der Waals surface area contributed by atoms with Crippen molar-refractivity contribution in [3.05, 3.63) is 41.7 Å². The van der Waals surface area contributed by atoms with Gasteiger partial charge in [-0.1, -0.05) is 39.3 Å². The van der Waals surface area contributed by atoms with Crippen molar-refractivity contribution >= 4 is 15.9 Å². The Hall–Kier alpha value is -1.36. The summed E-state index contributed by atoms with van der Waals surface area (Å²) in [5, 5.41) is 8.23. The van der Waals surface area contributed by atoms with Crippen molar-refractivity contribution in [3.63, 3.8) is 0 Å². The van der Waals surface area contributed by atoms with Crippen molar-refractivity contribution in [3.8, 4) is 5.75 Å². The van der Waals surface area contributed by atoms with E-state index in [4.69, 9.17) is 4.74 Å². The maximum Gasteiger partial charge on any atom is 0.124 e. The van der Waals surface area contributed by atoms with Crippen LogP contribution in [0, 0.1) is 0 Å². The lowest BCUT2D eigenvalue weighted by atomic mass is 10.2. The van der Waals surface area contributed by atoms with E-state index >= 15 is 0 Å². The summed E-state index contributed by atoms with van der Waals surface area (Å²) in [6.07, 6.45) is 1.95. The summed E-state index contributed by atoms with van der Waals surface area (Å²) in [4.78, 5) is 0.216. The molecule has 0 fully saturated rings. The number of para-hydroxylation sites is 1. The van der Waals surface area contributed by atoms with Crippen LogP contribution in [0.4, 0.5) is 0 Å². The molecule has 1 aromatic heterocycles. The summed E-state index contributed by atoms with van der Waals surface area (Å²) in [6, 6.07) is 8.00. The van der Waals surface area contributed by atoms with Crippen LogP contribution in [0.25, 0.3) is 0 Å². The monoisotopic (exact) mass is 309 g/mol. The van der Waals surface area contributed by atoms with Crippen molar-refractivity contribution < 1.29 is 4.74 Å². The van der Waals surface area contributed by atoms with E-state index in [2.05, 4.69) is 26.2 Å². The van der Waals surface area contributed by atoms with Crippen LogP contribution in [0.1, 0.15) is 29.9 Å². The number of benzene rings is 1. The molecule has 18 heavy (non-hydrogen) atoms. The van der Waals surface area contributed by atoms with Gasteiger partial charge in [0.1, 0.15) is 5.75 Å². The van der Waals surface area contributed by atoms with Gasteiger partial charge in [0.25, 0.3) is 0 Å². The molecule has 0 spiro atoms. The summed E-state index contributed by atoms with van der Waals surface area (Å²) in [6.45, 7) is 5.35. The molecule has 1 heterocycles. The van der Waals surface area contributed by atoms with E-state index in [1.807, 2.05) is 49.0 Å². The van der Waals surface area contributed by atoms with Crippen LogP contribution < -0.4 is 4.74 Å². The van der Waals surface area contributed by atoms with Crippen molar-refractivity contribution in [2.45, 2.75) is 25.2 Å². The number of alkyl halides is 1. The Morgan fingerprint density at radius 1 is 1.39 bits per heavy atom. The quantitative estimate of drug-likeness (QED) is 0.796. The van der Waals surface area contributed by atoms with Gasteiger partial charge in [0.15, 0.2) is 0 Å². The molecule has 0 saturated heterocycles. The number of hydrogen-bond acceptors (Lipinski definition) is 3. The summed E-state index contributed by atoms with van der Waals surface area (Å²) in [7, 11) is 0. The lowest BCUT2D eigenvalue weighted by Gasteiger charge is -2.09. The molecular formula is C13H16BrN3O. The zero-order chi connectivity index (χ0) is 13.0. The third-order valence-corrected chi connectivity index (χ3v) is 3.04. The number of ether oxygens (including phenoxy) is 1. The Bertz CT molecular complexity index is 510. The zero-order valence-electron chi connectivity index (χ0n) is 10.5. The first-order valence-electron chi connectivity index (χ1n) is 5.95. The molecule has 1 atom stereocenters. The van der Waals surface area contributed by atoms with E-state index in [0.717, 1.165) is 17.0 Å². The van der Waals surface area contributed by atoms with E-state index in [-0.39, 0.29) is 4.83 Å². The topological polar surface area (TPSA) is 39.9 Å². The van der Waals surface area contributed by atoms with E-state index in [1.165, 1.54) is 0 Å². The molecule has 0 amide bonds. The molecule has 2 aromatic rings. The van der Waals surface area contributed by atoms with E-state index < -0.39 is 0 Å². The Morgan fingerprint density at radius 3 is 2.83 bits per heavy atom. The van der Waals surface area contributed by atoms with Crippen molar-refractivity contribution in [2.75, 3.05) is 6.61 Å². The molecule has 1 aromatic carbocycles. The predicted octanol–water partition coefficient (Wildman–Crippen LogP) is 3.18. The normalized spacial score (nSPS) is 12.4. The first-order valence-corrected chi connectivity index (χ1v) is 6.87. The average molecular weight is 310 g/mol. The highest BCUT2D eigenvalue weighted by Gasteiger charge is 2.08. The summed E-state index contributed by atoms with van der Waals surface area (Å²) in [5.74, 6) is 0.906. The number of aromatic nitrogens is 3. The number of halogens is 1. The van der Waals surface area contributed by atoms with Gasteiger partial charge in [-0.05, 0) is 19.9 Å².